The van der Waals surface area contributed by atoms with Gasteiger partial charge in [-0.05, 0) is 68.6 Å². The number of carboxylic acids is 1. The number of hydrogen-bond acceptors (Lipinski definition) is 9. The second kappa shape index (κ2) is 14.5. The second-order valence-electron chi connectivity index (χ2n) is 11.4. The number of amides is 1. The topological polar surface area (TPSA) is 132 Å². The van der Waals surface area contributed by atoms with E-state index in [1.165, 1.54) is 0 Å². The number of aliphatic hydroxyl groups excluding tert-OH is 1. The summed E-state index contributed by atoms with van der Waals surface area (Å²) in [5.74, 6) is 0.742. The van der Waals surface area contributed by atoms with Crippen LogP contribution in [0.15, 0.2) is 42.7 Å². The third-order valence-corrected chi connectivity index (χ3v) is 8.26. The van der Waals surface area contributed by atoms with Gasteiger partial charge in [0.05, 0.1) is 30.6 Å². The minimum atomic E-state index is -0.746. The quantitative estimate of drug-likeness (QED) is 0.319. The van der Waals surface area contributed by atoms with E-state index in [0.717, 1.165) is 37.1 Å². The number of carboxylic acid groups (broad SMARTS) is 1. The van der Waals surface area contributed by atoms with E-state index in [0.29, 0.717) is 66.0 Å². The predicted octanol–water partition coefficient (Wildman–Crippen LogP) is 4.74. The van der Waals surface area contributed by atoms with Crippen LogP contribution in [-0.2, 0) is 16.1 Å². The number of halogens is 2. The molecule has 0 aliphatic carbocycles. The van der Waals surface area contributed by atoms with Gasteiger partial charge in [-0.2, -0.15) is 0 Å². The average molecular weight is 644 g/mol. The van der Waals surface area contributed by atoms with Crippen molar-refractivity contribution in [1.29, 1.82) is 0 Å². The number of nitrogens with zero attached hydrogens (tertiary/aromatic N) is 6. The minimum Gasteiger partial charge on any atom is -0.481 e. The molecule has 2 N–H and O–H groups in total. The van der Waals surface area contributed by atoms with Gasteiger partial charge in [0.25, 0.3) is 0 Å². The largest absolute Gasteiger partial charge is 0.481 e. The third-order valence-electron chi connectivity index (χ3n) is 7.82. The summed E-state index contributed by atoms with van der Waals surface area (Å²) < 4.78 is 6.14. The summed E-state index contributed by atoms with van der Waals surface area (Å²) in [6.45, 7) is 6.15. The molecule has 3 aromatic rings. The average Bonchev–Trinajstić information content (AvgIpc) is 2.97. The highest BCUT2D eigenvalue weighted by atomic mass is 35.5. The molecule has 44 heavy (non-hydrogen) atoms. The van der Waals surface area contributed by atoms with Crippen LogP contribution in [-0.4, -0.2) is 92.2 Å². The molecular weight excluding hydrogens is 607 g/mol. The molecule has 2 saturated heterocycles. The van der Waals surface area contributed by atoms with Crippen molar-refractivity contribution in [2.24, 2.45) is 5.92 Å². The van der Waals surface area contributed by atoms with Crippen LogP contribution in [0, 0.1) is 5.92 Å². The molecule has 1 atom stereocenters. The van der Waals surface area contributed by atoms with Gasteiger partial charge in [0.2, 0.25) is 17.7 Å². The Bertz CT molecular complexity index is 1440. The zero-order chi connectivity index (χ0) is 31.2. The van der Waals surface area contributed by atoms with Crippen molar-refractivity contribution in [1.82, 2.24) is 24.8 Å². The Morgan fingerprint density at radius 1 is 0.977 bits per heavy atom. The molecule has 11 nitrogen and oxygen atoms in total. The van der Waals surface area contributed by atoms with Crippen LogP contribution < -0.4 is 9.64 Å². The number of piperazine rings is 1. The van der Waals surface area contributed by atoms with Gasteiger partial charge in [0.15, 0.2) is 5.75 Å². The van der Waals surface area contributed by atoms with E-state index in [1.54, 1.807) is 42.4 Å². The number of carbonyl (C=O) groups excluding carboxylic acids is 1. The highest BCUT2D eigenvalue weighted by molar-refractivity contribution is 6.35. The Morgan fingerprint density at radius 2 is 1.64 bits per heavy atom. The molecule has 0 bridgehead atoms. The van der Waals surface area contributed by atoms with Crippen LogP contribution >= 0.6 is 23.2 Å². The molecule has 13 heteroatoms. The first kappa shape index (κ1) is 31.9. The van der Waals surface area contributed by atoms with Crippen LogP contribution in [0.4, 0.5) is 5.95 Å². The van der Waals surface area contributed by atoms with E-state index < -0.39 is 12.1 Å². The molecule has 1 aromatic carbocycles. The number of pyridine rings is 1. The van der Waals surface area contributed by atoms with Crippen molar-refractivity contribution >= 4 is 41.0 Å². The highest BCUT2D eigenvalue weighted by Crippen LogP contribution is 2.31. The first-order chi connectivity index (χ1) is 21.1. The maximum atomic E-state index is 12.3. The fourth-order valence-corrected chi connectivity index (χ4v) is 6.12. The summed E-state index contributed by atoms with van der Waals surface area (Å²) in [6, 6.07) is 9.15. The number of rotatable bonds is 10. The van der Waals surface area contributed by atoms with Crippen molar-refractivity contribution in [2.75, 3.05) is 44.2 Å². The van der Waals surface area contributed by atoms with E-state index >= 15 is 0 Å². The zero-order valence-corrected chi connectivity index (χ0v) is 26.0. The van der Waals surface area contributed by atoms with Crippen LogP contribution in [0.2, 0.25) is 10.0 Å². The molecule has 234 valence electrons. The van der Waals surface area contributed by atoms with Crippen LogP contribution in [0.5, 0.6) is 11.6 Å². The summed E-state index contributed by atoms with van der Waals surface area (Å²) >= 11 is 12.6. The van der Waals surface area contributed by atoms with Crippen molar-refractivity contribution in [3.05, 3.63) is 58.3 Å². The van der Waals surface area contributed by atoms with E-state index in [1.807, 2.05) is 17.0 Å². The summed E-state index contributed by atoms with van der Waals surface area (Å²) in [6.07, 6.45) is 4.56. The van der Waals surface area contributed by atoms with Crippen LogP contribution in [0.25, 0.3) is 11.3 Å². The monoisotopic (exact) mass is 642 g/mol. The fraction of sp³-hybridized carbons (Fsp3) is 0.452. The Labute approximate surface area is 266 Å². The molecule has 1 unspecified atom stereocenters. The molecule has 2 aromatic heterocycles. The Hall–Kier alpha value is -3.51. The van der Waals surface area contributed by atoms with Gasteiger partial charge in [-0.3, -0.25) is 14.5 Å². The maximum Gasteiger partial charge on any atom is 0.303 e. The normalized spacial score (nSPS) is 17.0. The van der Waals surface area contributed by atoms with Crippen molar-refractivity contribution in [2.45, 2.75) is 45.3 Å². The molecule has 0 radical (unpaired) electrons. The summed E-state index contributed by atoms with van der Waals surface area (Å²) in [5, 5.41) is 19.7. The number of ether oxygens (including phenoxy) is 1. The lowest BCUT2D eigenvalue weighted by atomic mass is 9.93. The van der Waals surface area contributed by atoms with Crippen LogP contribution in [0.1, 0.15) is 38.2 Å². The molecule has 4 heterocycles. The molecule has 0 spiro atoms. The predicted molar refractivity (Wildman–Crippen MR) is 167 cm³/mol. The SMILES string of the molecule is CC(O)CC(=O)N1CCN(c2ncc(Oc3cc(CN4CCC(CC(=O)O)CC4)cc(-c4cc(Cl)cc(Cl)c4)n3)cn2)CC1. The summed E-state index contributed by atoms with van der Waals surface area (Å²) in [4.78, 5) is 43.2. The summed E-state index contributed by atoms with van der Waals surface area (Å²) in [5.41, 5.74) is 2.40. The van der Waals surface area contributed by atoms with Gasteiger partial charge in [0, 0.05) is 60.8 Å². The molecule has 2 fully saturated rings. The van der Waals surface area contributed by atoms with E-state index in [9.17, 15) is 14.7 Å². The van der Waals surface area contributed by atoms with Crippen LogP contribution in [0.3, 0.4) is 0 Å². The lowest BCUT2D eigenvalue weighted by Gasteiger charge is -2.35. The molecule has 5 rings (SSSR count). The van der Waals surface area contributed by atoms with Crippen molar-refractivity contribution in [3.8, 4) is 22.9 Å². The van der Waals surface area contributed by atoms with Gasteiger partial charge in [-0.15, -0.1) is 0 Å². The molecule has 2 aliphatic heterocycles. The standard InChI is InChI=1S/C31H36Cl2N6O5/c1-20(40)10-29(41)38-6-8-39(9-7-38)31-34-17-26(18-35-31)44-28-12-22(19-37-4-2-21(3-5-37)13-30(42)43)11-27(36-28)23-14-24(32)16-25(33)15-23/h11-12,14-18,20-21,40H,2-10,13,19H2,1H3,(H,42,43). The smallest absolute Gasteiger partial charge is 0.303 e. The number of carbonyl (C=O) groups is 2. The van der Waals surface area contributed by atoms with Crippen molar-refractivity contribution in [3.63, 3.8) is 0 Å². The third kappa shape index (κ3) is 8.78. The van der Waals surface area contributed by atoms with E-state index in [-0.39, 0.29) is 24.7 Å². The number of aliphatic hydroxyl groups is 1. The minimum absolute atomic E-state index is 0.0545. The molecule has 0 saturated carbocycles. The number of benzene rings is 1. The van der Waals surface area contributed by atoms with Gasteiger partial charge in [0.1, 0.15) is 0 Å². The summed E-state index contributed by atoms with van der Waals surface area (Å²) in [7, 11) is 0. The van der Waals surface area contributed by atoms with E-state index in [4.69, 9.17) is 38.0 Å². The second-order valence-corrected chi connectivity index (χ2v) is 12.3. The lowest BCUT2D eigenvalue weighted by Crippen LogP contribution is -2.49. The number of likely N-dealkylation sites (tertiary alicyclic amines) is 1. The molecule has 1 amide bonds. The first-order valence-electron chi connectivity index (χ1n) is 14.7. The highest BCUT2D eigenvalue weighted by Gasteiger charge is 2.24. The van der Waals surface area contributed by atoms with Gasteiger partial charge >= 0.3 is 5.97 Å². The van der Waals surface area contributed by atoms with Gasteiger partial charge < -0.3 is 24.7 Å². The number of anilines is 1. The Balaban J connectivity index is 1.28. The Kier molecular flexibility index (Phi) is 10.5. The van der Waals surface area contributed by atoms with Gasteiger partial charge in [-0.25, -0.2) is 15.0 Å². The number of piperidine rings is 1. The lowest BCUT2D eigenvalue weighted by molar-refractivity contribution is -0.138. The number of hydrogen-bond donors (Lipinski definition) is 2. The molecular formula is C31H36Cl2N6O5. The number of aliphatic carboxylic acids is 1. The van der Waals surface area contributed by atoms with E-state index in [2.05, 4.69) is 14.9 Å². The molecule has 2 aliphatic rings. The number of aromatic nitrogens is 3. The zero-order valence-electron chi connectivity index (χ0n) is 24.5. The Morgan fingerprint density at radius 3 is 2.25 bits per heavy atom. The first-order valence-corrected chi connectivity index (χ1v) is 15.5. The fourth-order valence-electron chi connectivity index (χ4n) is 5.59. The van der Waals surface area contributed by atoms with Gasteiger partial charge in [-0.1, -0.05) is 23.2 Å². The van der Waals surface area contributed by atoms with Crippen molar-refractivity contribution < 1.29 is 24.5 Å². The maximum absolute atomic E-state index is 12.3.